The molecule has 0 atom stereocenters. The summed E-state index contributed by atoms with van der Waals surface area (Å²) in [6.07, 6.45) is 5.39. The number of carbonyl (C=O) groups excluding carboxylic acids is 3. The van der Waals surface area contributed by atoms with E-state index in [1.165, 1.54) is 29.5 Å². The number of hydrogen-bond acceptors (Lipinski definition) is 6. The van der Waals surface area contributed by atoms with Crippen LogP contribution in [0.4, 0.5) is 5.69 Å². The number of hydrogen-bond donors (Lipinski definition) is 2. The highest BCUT2D eigenvalue weighted by molar-refractivity contribution is 8.01. The number of nitrogens with zero attached hydrogens (tertiary/aromatic N) is 1. The quantitative estimate of drug-likeness (QED) is 0.174. The molecule has 0 spiro atoms. The van der Waals surface area contributed by atoms with E-state index in [9.17, 15) is 14.4 Å². The number of ketones is 1. The lowest BCUT2D eigenvalue weighted by atomic mass is 9.95. The van der Waals surface area contributed by atoms with Gasteiger partial charge in [-0.25, -0.2) is 4.98 Å². The van der Waals surface area contributed by atoms with Gasteiger partial charge in [0.15, 0.2) is 10.1 Å². The summed E-state index contributed by atoms with van der Waals surface area (Å²) in [5.74, 6) is -0.281. The van der Waals surface area contributed by atoms with Gasteiger partial charge >= 0.3 is 0 Å². The van der Waals surface area contributed by atoms with Gasteiger partial charge in [-0.1, -0.05) is 54.8 Å². The molecule has 5 rings (SSSR count). The van der Waals surface area contributed by atoms with Crippen molar-refractivity contribution < 1.29 is 14.4 Å². The Morgan fingerprint density at radius 3 is 2.37 bits per heavy atom. The Bertz CT molecular complexity index is 1480. The normalized spacial score (nSPS) is 13.8. The molecule has 0 aliphatic heterocycles. The first kappa shape index (κ1) is 26.4. The second kappa shape index (κ2) is 12.1. The van der Waals surface area contributed by atoms with E-state index in [-0.39, 0.29) is 29.4 Å². The summed E-state index contributed by atoms with van der Waals surface area (Å²) in [5, 5.41) is 6.61. The van der Waals surface area contributed by atoms with Gasteiger partial charge in [-0.05, 0) is 67.4 Å². The van der Waals surface area contributed by atoms with E-state index in [1.807, 2.05) is 12.1 Å². The lowest BCUT2D eigenvalue weighted by molar-refractivity contribution is 0.0917. The number of amides is 2. The molecule has 1 aliphatic carbocycles. The van der Waals surface area contributed by atoms with Crippen LogP contribution in [0.2, 0.25) is 5.02 Å². The van der Waals surface area contributed by atoms with Crippen molar-refractivity contribution in [2.45, 2.75) is 42.5 Å². The average molecular weight is 564 g/mol. The van der Waals surface area contributed by atoms with E-state index < -0.39 is 0 Å². The number of benzene rings is 3. The van der Waals surface area contributed by atoms with E-state index >= 15 is 0 Å². The molecule has 2 amide bonds. The molecule has 1 saturated carbocycles. The molecule has 1 aromatic heterocycles. The SMILES string of the molecule is O=C(CSc1nc2ccc(NC(=O)c3ccccc3C(=O)NC3CCCCC3)cc2s1)c1ccc(Cl)cc1. The van der Waals surface area contributed by atoms with Crippen LogP contribution in [-0.2, 0) is 0 Å². The fourth-order valence-corrected chi connectivity index (χ4v) is 6.61. The Hall–Kier alpha value is -3.20. The third kappa shape index (κ3) is 6.43. The van der Waals surface area contributed by atoms with Gasteiger partial charge in [0.25, 0.3) is 11.8 Å². The van der Waals surface area contributed by atoms with Crippen LogP contribution in [0, 0.1) is 0 Å². The van der Waals surface area contributed by atoms with E-state index in [0.29, 0.717) is 27.4 Å². The van der Waals surface area contributed by atoms with Gasteiger partial charge in [0.1, 0.15) is 0 Å². The lowest BCUT2D eigenvalue weighted by Crippen LogP contribution is -2.37. The Labute approximate surface area is 234 Å². The molecule has 2 N–H and O–H groups in total. The maximum absolute atomic E-state index is 13.2. The molecule has 0 unspecified atom stereocenters. The van der Waals surface area contributed by atoms with Gasteiger partial charge in [0.05, 0.1) is 27.1 Å². The highest BCUT2D eigenvalue weighted by atomic mass is 35.5. The molecule has 1 fully saturated rings. The molecule has 0 bridgehead atoms. The minimum atomic E-state index is -0.341. The first-order chi connectivity index (χ1) is 18.5. The first-order valence-electron chi connectivity index (χ1n) is 12.5. The van der Waals surface area contributed by atoms with Crippen LogP contribution in [0.5, 0.6) is 0 Å². The summed E-state index contributed by atoms with van der Waals surface area (Å²) >= 11 is 8.75. The molecule has 0 radical (unpaired) electrons. The standard InChI is InChI=1S/C29H26ClN3O3S2/c30-19-12-10-18(11-13-19)25(34)17-37-29-33-24-15-14-21(16-26(24)38-29)32-28(36)23-9-5-4-8-22(23)27(35)31-20-6-2-1-3-7-20/h4-5,8-16,20H,1-3,6-7,17H2,(H,31,35)(H,32,36). The summed E-state index contributed by atoms with van der Waals surface area (Å²) in [5.41, 5.74) is 2.73. The van der Waals surface area contributed by atoms with Crippen molar-refractivity contribution >= 4 is 68.2 Å². The van der Waals surface area contributed by atoms with Gasteiger partial charge < -0.3 is 10.6 Å². The van der Waals surface area contributed by atoms with Crippen molar-refractivity contribution in [3.63, 3.8) is 0 Å². The third-order valence-electron chi connectivity index (χ3n) is 6.48. The molecular weight excluding hydrogens is 538 g/mol. The zero-order valence-corrected chi connectivity index (χ0v) is 22.9. The van der Waals surface area contributed by atoms with Crippen molar-refractivity contribution in [2.24, 2.45) is 0 Å². The predicted octanol–water partition coefficient (Wildman–Crippen LogP) is 7.24. The first-order valence-corrected chi connectivity index (χ1v) is 14.7. The van der Waals surface area contributed by atoms with E-state index in [1.54, 1.807) is 54.6 Å². The number of carbonyl (C=O) groups is 3. The fourth-order valence-electron chi connectivity index (χ4n) is 4.48. The molecule has 1 heterocycles. The van der Waals surface area contributed by atoms with Gasteiger partial charge in [-0.2, -0.15) is 0 Å². The van der Waals surface area contributed by atoms with Crippen LogP contribution in [0.1, 0.15) is 63.2 Å². The van der Waals surface area contributed by atoms with Gasteiger partial charge in [0, 0.05) is 22.3 Å². The molecule has 0 saturated heterocycles. The topological polar surface area (TPSA) is 88.2 Å². The number of anilines is 1. The van der Waals surface area contributed by atoms with Crippen molar-refractivity contribution in [3.8, 4) is 0 Å². The number of thiazole rings is 1. The van der Waals surface area contributed by atoms with Crippen LogP contribution in [0.3, 0.4) is 0 Å². The number of Topliss-reactive ketones (excluding diaryl/α,β-unsaturated/α-hetero) is 1. The maximum Gasteiger partial charge on any atom is 0.256 e. The molecule has 38 heavy (non-hydrogen) atoms. The number of nitrogens with one attached hydrogen (secondary N) is 2. The zero-order valence-electron chi connectivity index (χ0n) is 20.5. The monoisotopic (exact) mass is 563 g/mol. The summed E-state index contributed by atoms with van der Waals surface area (Å²) in [6, 6.07) is 19.4. The zero-order chi connectivity index (χ0) is 26.5. The summed E-state index contributed by atoms with van der Waals surface area (Å²) in [4.78, 5) is 43.2. The second-order valence-corrected chi connectivity index (χ2v) is 11.9. The van der Waals surface area contributed by atoms with Gasteiger partial charge in [0.2, 0.25) is 0 Å². The Morgan fingerprint density at radius 2 is 1.63 bits per heavy atom. The molecule has 6 nitrogen and oxygen atoms in total. The molecule has 9 heteroatoms. The van der Waals surface area contributed by atoms with Gasteiger partial charge in [-0.15, -0.1) is 11.3 Å². The summed E-state index contributed by atoms with van der Waals surface area (Å²) in [6.45, 7) is 0. The highest BCUT2D eigenvalue weighted by Gasteiger charge is 2.21. The molecular formula is C29H26ClN3O3S2. The molecule has 4 aromatic rings. The van der Waals surface area contributed by atoms with Crippen LogP contribution in [0.25, 0.3) is 10.2 Å². The van der Waals surface area contributed by atoms with Crippen LogP contribution >= 0.6 is 34.7 Å². The summed E-state index contributed by atoms with van der Waals surface area (Å²) < 4.78 is 1.67. The number of halogens is 1. The molecule has 194 valence electrons. The van der Waals surface area contributed by atoms with Crippen molar-refractivity contribution in [2.75, 3.05) is 11.1 Å². The Morgan fingerprint density at radius 1 is 0.921 bits per heavy atom. The minimum Gasteiger partial charge on any atom is -0.349 e. The average Bonchev–Trinajstić information content (AvgIpc) is 3.35. The molecule has 1 aliphatic rings. The fraction of sp³-hybridized carbons (Fsp3) is 0.241. The van der Waals surface area contributed by atoms with E-state index in [2.05, 4.69) is 15.6 Å². The van der Waals surface area contributed by atoms with E-state index in [0.717, 1.165) is 40.2 Å². The predicted molar refractivity (Wildman–Crippen MR) is 155 cm³/mol. The number of aromatic nitrogens is 1. The van der Waals surface area contributed by atoms with Crippen LogP contribution < -0.4 is 10.6 Å². The van der Waals surface area contributed by atoms with E-state index in [4.69, 9.17) is 11.6 Å². The summed E-state index contributed by atoms with van der Waals surface area (Å²) in [7, 11) is 0. The largest absolute Gasteiger partial charge is 0.349 e. The number of thioether (sulfide) groups is 1. The van der Waals surface area contributed by atoms with Gasteiger partial charge in [-0.3, -0.25) is 14.4 Å². The Kier molecular flexibility index (Phi) is 8.42. The van der Waals surface area contributed by atoms with Crippen molar-refractivity contribution in [1.29, 1.82) is 0 Å². The third-order valence-corrected chi connectivity index (χ3v) is 8.89. The lowest BCUT2D eigenvalue weighted by Gasteiger charge is -2.23. The molecule has 3 aromatic carbocycles. The highest BCUT2D eigenvalue weighted by Crippen LogP contribution is 2.32. The Balaban J connectivity index is 1.25. The number of fused-ring (bicyclic) bond motifs is 1. The second-order valence-electron chi connectivity index (χ2n) is 9.19. The number of rotatable bonds is 8. The minimum absolute atomic E-state index is 0.00469. The smallest absolute Gasteiger partial charge is 0.256 e. The van der Waals surface area contributed by atoms with Crippen molar-refractivity contribution in [1.82, 2.24) is 10.3 Å². The van der Waals surface area contributed by atoms with Crippen LogP contribution in [0.15, 0.2) is 71.1 Å². The van der Waals surface area contributed by atoms with Crippen molar-refractivity contribution in [3.05, 3.63) is 88.4 Å². The van der Waals surface area contributed by atoms with Crippen LogP contribution in [-0.4, -0.2) is 34.4 Å². The maximum atomic E-state index is 13.2.